The van der Waals surface area contributed by atoms with Gasteiger partial charge in [-0.05, 0) is 42.7 Å². The van der Waals surface area contributed by atoms with Gasteiger partial charge in [-0.15, -0.1) is 0 Å². The van der Waals surface area contributed by atoms with Crippen LogP contribution in [-0.2, 0) is 6.54 Å². The van der Waals surface area contributed by atoms with Gasteiger partial charge in [0, 0.05) is 23.9 Å². The Morgan fingerprint density at radius 1 is 0.700 bits per heavy atom. The molecule has 0 amide bonds. The molecule has 0 fully saturated rings. The van der Waals surface area contributed by atoms with E-state index < -0.39 is 0 Å². The van der Waals surface area contributed by atoms with E-state index in [0.717, 1.165) is 41.5 Å². The van der Waals surface area contributed by atoms with Crippen molar-refractivity contribution in [2.24, 2.45) is 5.92 Å². The van der Waals surface area contributed by atoms with Gasteiger partial charge in [-0.1, -0.05) is 56.3 Å². The highest BCUT2D eigenvalue weighted by Crippen LogP contribution is 2.22. The molecule has 3 aromatic rings. The van der Waals surface area contributed by atoms with E-state index in [1.165, 1.54) is 0 Å². The number of para-hydroxylation sites is 2. The summed E-state index contributed by atoms with van der Waals surface area (Å²) in [6.45, 7) is 6.81. The van der Waals surface area contributed by atoms with Crippen LogP contribution in [-0.4, -0.2) is 19.8 Å². The summed E-state index contributed by atoms with van der Waals surface area (Å²) in [6, 6.07) is 25.9. The highest BCUT2D eigenvalue weighted by molar-refractivity contribution is 5.49. The third-order valence-electron chi connectivity index (χ3n) is 4.61. The fourth-order valence-electron chi connectivity index (χ4n) is 2.92. The first-order valence-corrected chi connectivity index (χ1v) is 10.6. The molecule has 158 valence electrons. The third kappa shape index (κ3) is 7.36. The number of anilines is 1. The van der Waals surface area contributed by atoms with Gasteiger partial charge >= 0.3 is 0 Å². The molecule has 0 unspecified atom stereocenters. The fraction of sp³-hybridized carbons (Fsp3) is 0.308. The van der Waals surface area contributed by atoms with Crippen LogP contribution in [0.5, 0.6) is 17.2 Å². The van der Waals surface area contributed by atoms with E-state index >= 15 is 0 Å². The number of nitrogens with one attached hydrogen (secondary N) is 1. The summed E-state index contributed by atoms with van der Waals surface area (Å²) in [4.78, 5) is 0. The summed E-state index contributed by atoms with van der Waals surface area (Å²) in [5.41, 5.74) is 2.13. The standard InChI is InChI=1S/C26H31NO3/c1-21(2)15-16-28-25-13-8-10-23(19-25)27-20-22-9-6-7-14-26(22)30-18-17-29-24-11-4-3-5-12-24/h3-14,19,21,27H,15-18,20H2,1-2H3. The van der Waals surface area contributed by atoms with Crippen LogP contribution in [0.2, 0.25) is 0 Å². The quantitative estimate of drug-likeness (QED) is 0.365. The van der Waals surface area contributed by atoms with Crippen molar-refractivity contribution in [2.45, 2.75) is 26.8 Å². The predicted molar refractivity (Wildman–Crippen MR) is 123 cm³/mol. The van der Waals surface area contributed by atoms with Crippen LogP contribution in [0.25, 0.3) is 0 Å². The summed E-state index contributed by atoms with van der Waals surface area (Å²) in [5, 5.41) is 3.47. The van der Waals surface area contributed by atoms with E-state index in [-0.39, 0.29) is 0 Å². The van der Waals surface area contributed by atoms with Gasteiger partial charge in [0.15, 0.2) is 0 Å². The van der Waals surface area contributed by atoms with Crippen molar-refractivity contribution in [3.8, 4) is 17.2 Å². The third-order valence-corrected chi connectivity index (χ3v) is 4.61. The van der Waals surface area contributed by atoms with Gasteiger partial charge in [0.05, 0.1) is 6.61 Å². The van der Waals surface area contributed by atoms with E-state index in [4.69, 9.17) is 14.2 Å². The van der Waals surface area contributed by atoms with Crippen molar-refractivity contribution in [2.75, 3.05) is 25.1 Å². The number of hydrogen-bond donors (Lipinski definition) is 1. The first-order valence-electron chi connectivity index (χ1n) is 10.6. The van der Waals surface area contributed by atoms with Crippen LogP contribution in [0.1, 0.15) is 25.8 Å². The maximum Gasteiger partial charge on any atom is 0.124 e. The summed E-state index contributed by atoms with van der Waals surface area (Å²) in [5.74, 6) is 3.25. The smallest absolute Gasteiger partial charge is 0.124 e. The topological polar surface area (TPSA) is 39.7 Å². The molecule has 0 heterocycles. The van der Waals surface area contributed by atoms with E-state index in [9.17, 15) is 0 Å². The van der Waals surface area contributed by atoms with Gasteiger partial charge in [-0.2, -0.15) is 0 Å². The molecule has 0 spiro atoms. The maximum atomic E-state index is 5.96. The Morgan fingerprint density at radius 3 is 2.23 bits per heavy atom. The van der Waals surface area contributed by atoms with E-state index in [0.29, 0.717) is 25.7 Å². The van der Waals surface area contributed by atoms with Crippen molar-refractivity contribution in [3.63, 3.8) is 0 Å². The molecule has 0 aliphatic carbocycles. The molecular weight excluding hydrogens is 374 g/mol. The van der Waals surface area contributed by atoms with Crippen LogP contribution >= 0.6 is 0 Å². The summed E-state index contributed by atoms with van der Waals surface area (Å²) < 4.78 is 17.5. The van der Waals surface area contributed by atoms with Crippen molar-refractivity contribution in [1.82, 2.24) is 0 Å². The molecule has 1 N–H and O–H groups in total. The van der Waals surface area contributed by atoms with Crippen molar-refractivity contribution >= 4 is 5.69 Å². The predicted octanol–water partition coefficient (Wildman–Crippen LogP) is 6.18. The number of benzene rings is 3. The number of hydrogen-bond acceptors (Lipinski definition) is 4. The number of ether oxygens (including phenoxy) is 3. The minimum absolute atomic E-state index is 0.491. The van der Waals surface area contributed by atoms with Crippen LogP contribution < -0.4 is 19.5 Å². The van der Waals surface area contributed by atoms with E-state index in [2.05, 4.69) is 25.2 Å². The van der Waals surface area contributed by atoms with Crippen molar-refractivity contribution in [3.05, 3.63) is 84.4 Å². The van der Waals surface area contributed by atoms with Gasteiger partial charge in [0.1, 0.15) is 30.5 Å². The van der Waals surface area contributed by atoms with Crippen molar-refractivity contribution in [1.29, 1.82) is 0 Å². The monoisotopic (exact) mass is 405 g/mol. The second kappa shape index (κ2) is 11.8. The number of rotatable bonds is 12. The second-order valence-electron chi connectivity index (χ2n) is 7.53. The summed E-state index contributed by atoms with van der Waals surface area (Å²) in [7, 11) is 0. The Balaban J connectivity index is 1.48. The largest absolute Gasteiger partial charge is 0.494 e. The maximum absolute atomic E-state index is 5.96. The molecule has 3 aromatic carbocycles. The molecule has 0 radical (unpaired) electrons. The first kappa shape index (κ1) is 21.6. The molecule has 30 heavy (non-hydrogen) atoms. The Morgan fingerprint density at radius 2 is 1.40 bits per heavy atom. The van der Waals surface area contributed by atoms with Crippen molar-refractivity contribution < 1.29 is 14.2 Å². The van der Waals surface area contributed by atoms with Crippen LogP contribution in [0.3, 0.4) is 0 Å². The molecule has 0 aliphatic rings. The Hall–Kier alpha value is -3.14. The summed E-state index contributed by atoms with van der Waals surface area (Å²) in [6.07, 6.45) is 1.05. The molecule has 4 nitrogen and oxygen atoms in total. The normalized spacial score (nSPS) is 10.6. The first-order chi connectivity index (χ1) is 14.7. The minimum atomic E-state index is 0.491. The average molecular weight is 406 g/mol. The lowest BCUT2D eigenvalue weighted by Gasteiger charge is -2.14. The molecule has 0 bridgehead atoms. The molecule has 0 aliphatic heterocycles. The fourth-order valence-corrected chi connectivity index (χ4v) is 2.92. The van der Waals surface area contributed by atoms with Crippen LogP contribution in [0.4, 0.5) is 5.69 Å². The highest BCUT2D eigenvalue weighted by Gasteiger charge is 2.04. The zero-order valence-corrected chi connectivity index (χ0v) is 17.8. The lowest BCUT2D eigenvalue weighted by molar-refractivity contribution is 0.216. The zero-order valence-electron chi connectivity index (χ0n) is 17.8. The molecule has 0 atom stereocenters. The molecular formula is C26H31NO3. The molecule has 3 rings (SSSR count). The van der Waals surface area contributed by atoms with E-state index in [1.54, 1.807) is 0 Å². The Kier molecular flexibility index (Phi) is 8.46. The van der Waals surface area contributed by atoms with Crippen LogP contribution in [0, 0.1) is 5.92 Å². The second-order valence-corrected chi connectivity index (χ2v) is 7.53. The SMILES string of the molecule is CC(C)CCOc1cccc(NCc2ccccc2OCCOc2ccccc2)c1. The van der Waals surface area contributed by atoms with Gasteiger partial charge in [0.2, 0.25) is 0 Å². The highest BCUT2D eigenvalue weighted by atomic mass is 16.5. The van der Waals surface area contributed by atoms with Gasteiger partial charge in [0.25, 0.3) is 0 Å². The van der Waals surface area contributed by atoms with Gasteiger partial charge in [-0.25, -0.2) is 0 Å². The lowest BCUT2D eigenvalue weighted by Crippen LogP contribution is -2.11. The zero-order chi connectivity index (χ0) is 21.0. The summed E-state index contributed by atoms with van der Waals surface area (Å²) >= 11 is 0. The minimum Gasteiger partial charge on any atom is -0.494 e. The van der Waals surface area contributed by atoms with E-state index in [1.807, 2.05) is 72.8 Å². The van der Waals surface area contributed by atoms with Gasteiger partial charge in [-0.3, -0.25) is 0 Å². The molecule has 4 heteroatoms. The Labute approximate surface area is 179 Å². The van der Waals surface area contributed by atoms with Crippen LogP contribution in [0.15, 0.2) is 78.9 Å². The molecule has 0 saturated carbocycles. The van der Waals surface area contributed by atoms with Gasteiger partial charge < -0.3 is 19.5 Å². The lowest BCUT2D eigenvalue weighted by atomic mass is 10.1. The average Bonchev–Trinajstić information content (AvgIpc) is 2.77. The Bertz CT molecular complexity index is 880. The molecule has 0 saturated heterocycles. The molecule has 0 aromatic heterocycles.